The number of nitrogens with one attached hydrogen (secondary N) is 2. The highest BCUT2D eigenvalue weighted by Gasteiger charge is 2.05. The molecule has 7 heteroatoms. The van der Waals surface area contributed by atoms with Crippen LogP contribution in [0, 0.1) is 19.7 Å². The van der Waals surface area contributed by atoms with Crippen molar-refractivity contribution in [2.75, 3.05) is 13.6 Å². The molecule has 0 spiro atoms. The molecule has 0 bridgehead atoms. The molecule has 0 fully saturated rings. The summed E-state index contributed by atoms with van der Waals surface area (Å²) in [4.78, 5) is 9.93. The molecule has 1 aromatic carbocycles. The molecule has 0 saturated heterocycles. The van der Waals surface area contributed by atoms with Crippen LogP contribution in [0.3, 0.4) is 0 Å². The van der Waals surface area contributed by atoms with E-state index >= 15 is 0 Å². The van der Waals surface area contributed by atoms with E-state index in [9.17, 15) is 4.39 Å². The van der Waals surface area contributed by atoms with Gasteiger partial charge in [-0.15, -0.1) is 11.3 Å². The molecule has 2 rings (SSSR count). The van der Waals surface area contributed by atoms with Gasteiger partial charge in [0, 0.05) is 18.5 Å². The quantitative estimate of drug-likeness (QED) is 0.597. The van der Waals surface area contributed by atoms with Gasteiger partial charge in [0.05, 0.1) is 16.7 Å². The fourth-order valence-corrected chi connectivity index (χ4v) is 3.32. The monoisotopic (exact) mass is 398 g/mol. The van der Waals surface area contributed by atoms with E-state index in [1.54, 1.807) is 30.5 Å². The zero-order chi connectivity index (χ0) is 16.8. The minimum atomic E-state index is -0.242. The van der Waals surface area contributed by atoms with Crippen LogP contribution in [0.15, 0.2) is 27.7 Å². The normalized spacial score (nSPS) is 11.6. The number of nitrogens with zero attached hydrogens (tertiary/aromatic N) is 2. The number of halogens is 2. The highest BCUT2D eigenvalue weighted by Crippen LogP contribution is 2.17. The van der Waals surface area contributed by atoms with Gasteiger partial charge in [0.1, 0.15) is 10.8 Å². The third-order valence-electron chi connectivity index (χ3n) is 3.39. The first-order chi connectivity index (χ1) is 11.0. The van der Waals surface area contributed by atoms with Crippen LogP contribution >= 0.6 is 27.3 Å². The van der Waals surface area contributed by atoms with Crippen LogP contribution in [0.1, 0.15) is 21.1 Å². The van der Waals surface area contributed by atoms with Crippen molar-refractivity contribution in [3.63, 3.8) is 0 Å². The first-order valence-electron chi connectivity index (χ1n) is 7.31. The summed E-state index contributed by atoms with van der Waals surface area (Å²) in [6, 6.07) is 5.06. The van der Waals surface area contributed by atoms with E-state index in [4.69, 9.17) is 0 Å². The van der Waals surface area contributed by atoms with Crippen molar-refractivity contribution in [3.05, 3.63) is 49.6 Å². The lowest BCUT2D eigenvalue weighted by Gasteiger charge is -2.11. The second-order valence-corrected chi connectivity index (χ2v) is 7.24. The number of thiazole rings is 1. The Morgan fingerprint density at radius 3 is 2.74 bits per heavy atom. The Morgan fingerprint density at radius 1 is 1.35 bits per heavy atom. The molecule has 2 N–H and O–H groups in total. The third kappa shape index (κ3) is 5.28. The molecule has 0 aliphatic heterocycles. The van der Waals surface area contributed by atoms with Crippen LogP contribution in [0.25, 0.3) is 0 Å². The maximum Gasteiger partial charge on any atom is 0.191 e. The summed E-state index contributed by atoms with van der Waals surface area (Å²) < 4.78 is 13.7. The Bertz CT molecular complexity index is 680. The molecule has 2 aromatic rings. The van der Waals surface area contributed by atoms with Gasteiger partial charge >= 0.3 is 0 Å². The Balaban J connectivity index is 1.79. The molecular formula is C16H20BrFN4S. The number of aryl methyl sites for hydroxylation is 2. The molecule has 1 aromatic heterocycles. The predicted octanol–water partition coefficient (Wildman–Crippen LogP) is 3.57. The number of rotatable bonds is 5. The average molecular weight is 399 g/mol. The maximum atomic E-state index is 13.2. The summed E-state index contributed by atoms with van der Waals surface area (Å²) in [5, 5.41) is 7.55. The van der Waals surface area contributed by atoms with E-state index in [-0.39, 0.29) is 5.82 Å². The van der Waals surface area contributed by atoms with E-state index in [1.165, 1.54) is 10.9 Å². The number of aromatic nitrogens is 1. The topological polar surface area (TPSA) is 49.3 Å². The molecule has 124 valence electrons. The van der Waals surface area contributed by atoms with Gasteiger partial charge in [-0.25, -0.2) is 9.37 Å². The van der Waals surface area contributed by atoms with Crippen molar-refractivity contribution >= 4 is 33.2 Å². The highest BCUT2D eigenvalue weighted by molar-refractivity contribution is 9.10. The van der Waals surface area contributed by atoms with E-state index in [2.05, 4.69) is 43.5 Å². The fourth-order valence-electron chi connectivity index (χ4n) is 2.02. The number of aliphatic imine (C=N–C) groups is 1. The highest BCUT2D eigenvalue weighted by atomic mass is 79.9. The van der Waals surface area contributed by atoms with Gasteiger partial charge in [-0.2, -0.15) is 0 Å². The molecule has 4 nitrogen and oxygen atoms in total. The molecule has 0 saturated carbocycles. The lowest BCUT2D eigenvalue weighted by atomic mass is 10.1. The Kier molecular flexibility index (Phi) is 6.53. The van der Waals surface area contributed by atoms with Gasteiger partial charge in [-0.1, -0.05) is 6.07 Å². The zero-order valence-corrected chi connectivity index (χ0v) is 15.8. The number of hydrogen-bond donors (Lipinski definition) is 2. The second kappa shape index (κ2) is 8.40. The summed E-state index contributed by atoms with van der Waals surface area (Å²) >= 11 is 4.90. The molecule has 0 atom stereocenters. The van der Waals surface area contributed by atoms with Gasteiger partial charge in [0.2, 0.25) is 0 Å². The maximum absolute atomic E-state index is 13.2. The van der Waals surface area contributed by atoms with E-state index in [0.29, 0.717) is 17.6 Å². The van der Waals surface area contributed by atoms with Crippen molar-refractivity contribution < 1.29 is 4.39 Å². The Labute approximate surface area is 148 Å². The van der Waals surface area contributed by atoms with Crippen molar-refractivity contribution in [1.82, 2.24) is 15.6 Å². The van der Waals surface area contributed by atoms with Gasteiger partial charge in [0.25, 0.3) is 0 Å². The smallest absolute Gasteiger partial charge is 0.191 e. The van der Waals surface area contributed by atoms with Crippen molar-refractivity contribution in [2.24, 2.45) is 4.99 Å². The van der Waals surface area contributed by atoms with Crippen LogP contribution < -0.4 is 10.6 Å². The van der Waals surface area contributed by atoms with Gasteiger partial charge in [0.15, 0.2) is 5.96 Å². The molecule has 23 heavy (non-hydrogen) atoms. The van der Waals surface area contributed by atoms with Gasteiger partial charge in [-0.3, -0.25) is 4.99 Å². The second-order valence-electron chi connectivity index (χ2n) is 5.10. The Morgan fingerprint density at radius 2 is 2.13 bits per heavy atom. The molecule has 1 heterocycles. The zero-order valence-electron chi connectivity index (χ0n) is 13.4. The van der Waals surface area contributed by atoms with Gasteiger partial charge in [-0.05, 0) is 53.9 Å². The predicted molar refractivity (Wildman–Crippen MR) is 97.6 cm³/mol. The third-order valence-corrected chi connectivity index (χ3v) is 5.07. The lowest BCUT2D eigenvalue weighted by Crippen LogP contribution is -2.37. The van der Waals surface area contributed by atoms with Crippen LogP contribution in [0.4, 0.5) is 4.39 Å². The first-order valence-corrected chi connectivity index (χ1v) is 8.92. The van der Waals surface area contributed by atoms with Crippen molar-refractivity contribution in [1.29, 1.82) is 0 Å². The molecule has 0 unspecified atom stereocenters. The van der Waals surface area contributed by atoms with E-state index < -0.39 is 0 Å². The summed E-state index contributed by atoms with van der Waals surface area (Å²) in [5.74, 6) is 0.491. The van der Waals surface area contributed by atoms with Crippen LogP contribution in [0.5, 0.6) is 0 Å². The molecular weight excluding hydrogens is 379 g/mol. The van der Waals surface area contributed by atoms with Crippen LogP contribution in [-0.2, 0) is 13.0 Å². The number of guanidine groups is 1. The SMILES string of the molecule is CN=C(NCCc1ccc(F)c(Br)c1)NCc1nc(C)c(C)s1. The van der Waals surface area contributed by atoms with Crippen molar-refractivity contribution in [3.8, 4) is 0 Å². The van der Waals surface area contributed by atoms with Crippen LogP contribution in [0.2, 0.25) is 0 Å². The van der Waals surface area contributed by atoms with E-state index in [0.717, 1.165) is 28.6 Å². The molecule has 0 amide bonds. The largest absolute Gasteiger partial charge is 0.356 e. The molecule has 0 radical (unpaired) electrons. The average Bonchev–Trinajstić information content (AvgIpc) is 2.85. The molecule has 0 aliphatic rings. The molecule has 0 aliphatic carbocycles. The first kappa shape index (κ1) is 17.9. The standard InChI is InChI=1S/C16H20BrFN4S/c1-10-11(2)23-15(22-10)9-21-16(19-3)20-7-6-12-4-5-14(18)13(17)8-12/h4-5,8H,6-7,9H2,1-3H3,(H2,19,20,21). The number of benzene rings is 1. The minimum Gasteiger partial charge on any atom is -0.356 e. The summed E-state index contributed by atoms with van der Waals surface area (Å²) in [7, 11) is 1.74. The Hall–Kier alpha value is -1.47. The minimum absolute atomic E-state index is 0.242. The lowest BCUT2D eigenvalue weighted by molar-refractivity contribution is 0.620. The van der Waals surface area contributed by atoms with E-state index in [1.807, 2.05) is 6.92 Å². The fraction of sp³-hybridized carbons (Fsp3) is 0.375. The number of hydrogen-bond acceptors (Lipinski definition) is 3. The summed E-state index contributed by atoms with van der Waals surface area (Å²) in [6.45, 7) is 5.46. The van der Waals surface area contributed by atoms with Crippen molar-refractivity contribution in [2.45, 2.75) is 26.8 Å². The summed E-state index contributed by atoms with van der Waals surface area (Å²) in [6.07, 6.45) is 0.787. The van der Waals surface area contributed by atoms with Crippen LogP contribution in [-0.4, -0.2) is 24.5 Å². The van der Waals surface area contributed by atoms with Gasteiger partial charge < -0.3 is 10.6 Å². The summed E-state index contributed by atoms with van der Waals surface area (Å²) in [5.41, 5.74) is 2.14.